The molecule has 2 aromatic heterocycles. The van der Waals surface area contributed by atoms with Crippen LogP contribution in [0.5, 0.6) is 0 Å². The summed E-state index contributed by atoms with van der Waals surface area (Å²) in [6, 6.07) is 10.5. The van der Waals surface area contributed by atoms with Crippen LogP contribution in [0.15, 0.2) is 59.8 Å². The minimum absolute atomic E-state index is 0.0728. The molecule has 2 aromatic carbocycles. The maximum Gasteiger partial charge on any atom is 0.418 e. The van der Waals surface area contributed by atoms with Gasteiger partial charge in [0.15, 0.2) is 11.5 Å². The van der Waals surface area contributed by atoms with Crippen molar-refractivity contribution in [3.63, 3.8) is 0 Å². The Morgan fingerprint density at radius 2 is 1.85 bits per heavy atom. The lowest BCUT2D eigenvalue weighted by Gasteiger charge is -2.14. The number of benzene rings is 2. The summed E-state index contributed by atoms with van der Waals surface area (Å²) in [5, 5.41) is 2.11. The van der Waals surface area contributed by atoms with Gasteiger partial charge in [0.05, 0.1) is 11.3 Å². The van der Waals surface area contributed by atoms with Crippen LogP contribution in [0.25, 0.3) is 22.4 Å². The zero-order valence-electron chi connectivity index (χ0n) is 17.0. The van der Waals surface area contributed by atoms with Crippen LogP contribution < -0.4 is 10.9 Å². The van der Waals surface area contributed by atoms with Crippen LogP contribution in [0, 0.1) is 6.92 Å². The Morgan fingerprint density at radius 1 is 1.12 bits per heavy atom. The normalized spacial score (nSPS) is 11.5. The van der Waals surface area contributed by atoms with Gasteiger partial charge in [-0.2, -0.15) is 13.2 Å². The van der Waals surface area contributed by atoms with E-state index in [2.05, 4.69) is 20.3 Å². The quantitative estimate of drug-likeness (QED) is 0.472. The fourth-order valence-electron chi connectivity index (χ4n) is 3.11. The van der Waals surface area contributed by atoms with E-state index >= 15 is 0 Å². The van der Waals surface area contributed by atoms with Crippen molar-refractivity contribution in [2.45, 2.75) is 19.6 Å². The fourth-order valence-corrected chi connectivity index (χ4v) is 3.28. The van der Waals surface area contributed by atoms with Gasteiger partial charge in [-0.15, -0.1) is 0 Å². The van der Waals surface area contributed by atoms with Crippen molar-refractivity contribution >= 4 is 34.2 Å². The number of amides is 1. The van der Waals surface area contributed by atoms with Gasteiger partial charge >= 0.3 is 6.18 Å². The molecule has 0 spiro atoms. The number of halogens is 4. The Hall–Kier alpha value is -3.79. The first-order chi connectivity index (χ1) is 15.6. The minimum atomic E-state index is -4.72. The maximum absolute atomic E-state index is 13.2. The average molecular weight is 474 g/mol. The second-order valence-corrected chi connectivity index (χ2v) is 7.65. The van der Waals surface area contributed by atoms with Crippen LogP contribution in [0.4, 0.5) is 18.9 Å². The summed E-state index contributed by atoms with van der Waals surface area (Å²) >= 11 is 5.64. The molecular formula is C22H15ClF3N5O2. The highest BCUT2D eigenvalue weighted by molar-refractivity contribution is 6.30. The number of carbonyl (C=O) groups is 1. The van der Waals surface area contributed by atoms with Crippen LogP contribution >= 0.6 is 11.6 Å². The van der Waals surface area contributed by atoms with Crippen molar-refractivity contribution < 1.29 is 18.0 Å². The second-order valence-electron chi connectivity index (χ2n) is 7.21. The Morgan fingerprint density at radius 3 is 2.55 bits per heavy atom. The number of rotatable bonds is 4. The molecule has 0 aliphatic heterocycles. The SMILES string of the molecule is Cc1ccc(-c2ncc3c(=O)n(CC(=O)Nc4ccc(Cl)cc4C(F)(F)F)cnc3n2)cc1. The molecule has 33 heavy (non-hydrogen) atoms. The Balaban J connectivity index is 1.59. The van der Waals surface area contributed by atoms with E-state index in [1.54, 1.807) is 0 Å². The summed E-state index contributed by atoms with van der Waals surface area (Å²) in [4.78, 5) is 37.7. The molecule has 4 rings (SSSR count). The molecule has 4 aromatic rings. The number of nitrogens with zero attached hydrogens (tertiary/aromatic N) is 4. The molecule has 11 heteroatoms. The average Bonchev–Trinajstić information content (AvgIpc) is 2.76. The maximum atomic E-state index is 13.2. The van der Waals surface area contributed by atoms with Crippen LogP contribution in [0.2, 0.25) is 5.02 Å². The van der Waals surface area contributed by atoms with E-state index in [4.69, 9.17) is 11.6 Å². The highest BCUT2D eigenvalue weighted by Gasteiger charge is 2.34. The summed E-state index contributed by atoms with van der Waals surface area (Å²) in [5.41, 5.74) is -0.206. The van der Waals surface area contributed by atoms with Gasteiger partial charge in [-0.25, -0.2) is 15.0 Å². The van der Waals surface area contributed by atoms with Crippen molar-refractivity contribution in [1.82, 2.24) is 19.5 Å². The van der Waals surface area contributed by atoms with Crippen LogP contribution in [-0.4, -0.2) is 25.4 Å². The fraction of sp³-hybridized carbons (Fsp3) is 0.136. The van der Waals surface area contributed by atoms with Gasteiger partial charge in [-0.3, -0.25) is 14.2 Å². The number of alkyl halides is 3. The first-order valence-electron chi connectivity index (χ1n) is 9.57. The number of aryl methyl sites for hydroxylation is 1. The molecule has 0 aliphatic carbocycles. The molecule has 0 unspecified atom stereocenters. The molecule has 1 amide bonds. The van der Waals surface area contributed by atoms with Gasteiger partial charge in [0.1, 0.15) is 18.3 Å². The third-order valence-corrected chi connectivity index (χ3v) is 5.00. The van der Waals surface area contributed by atoms with Crippen LogP contribution in [-0.2, 0) is 17.5 Å². The lowest BCUT2D eigenvalue weighted by molar-refractivity contribution is -0.137. The van der Waals surface area contributed by atoms with E-state index < -0.39 is 35.4 Å². The van der Waals surface area contributed by atoms with Crippen LogP contribution in [0.3, 0.4) is 0 Å². The molecule has 0 atom stereocenters. The molecule has 0 saturated heterocycles. The van der Waals surface area contributed by atoms with E-state index in [-0.39, 0.29) is 16.1 Å². The monoisotopic (exact) mass is 473 g/mol. The number of carbonyl (C=O) groups excluding carboxylic acids is 1. The van der Waals surface area contributed by atoms with Crippen molar-refractivity contribution in [3.05, 3.63) is 81.5 Å². The van der Waals surface area contributed by atoms with Crippen molar-refractivity contribution in [2.24, 2.45) is 0 Å². The number of fused-ring (bicyclic) bond motifs is 1. The number of anilines is 1. The molecule has 1 N–H and O–H groups in total. The van der Waals surface area contributed by atoms with E-state index in [0.717, 1.165) is 28.1 Å². The molecule has 0 saturated carbocycles. The number of hydrogen-bond donors (Lipinski definition) is 1. The lowest BCUT2D eigenvalue weighted by atomic mass is 10.1. The first kappa shape index (κ1) is 22.4. The second kappa shape index (κ2) is 8.62. The predicted octanol–water partition coefficient (Wildman–Crippen LogP) is 4.47. The smallest absolute Gasteiger partial charge is 0.324 e. The van der Waals surface area contributed by atoms with Gasteiger partial charge in [-0.1, -0.05) is 41.4 Å². The first-order valence-corrected chi connectivity index (χ1v) is 9.95. The van der Waals surface area contributed by atoms with Gasteiger partial charge in [0, 0.05) is 16.8 Å². The third-order valence-electron chi connectivity index (χ3n) is 4.76. The molecule has 0 radical (unpaired) electrons. The zero-order chi connectivity index (χ0) is 23.8. The van der Waals surface area contributed by atoms with Crippen molar-refractivity contribution in [1.29, 1.82) is 0 Å². The third kappa shape index (κ3) is 4.85. The standard InChI is InChI=1S/C22H15ClF3N5O2/c1-12-2-4-13(5-3-12)19-27-9-15-20(30-19)28-11-31(21(15)33)10-18(32)29-17-7-6-14(23)8-16(17)22(24,25)26/h2-9,11H,10H2,1H3,(H,29,32). The molecule has 2 heterocycles. The summed E-state index contributed by atoms with van der Waals surface area (Å²) < 4.78 is 40.7. The van der Waals surface area contributed by atoms with Gasteiger partial charge in [0.25, 0.3) is 5.56 Å². The summed E-state index contributed by atoms with van der Waals surface area (Å²) in [5.74, 6) is -0.462. The Bertz CT molecular complexity index is 1420. The van der Waals surface area contributed by atoms with E-state index in [1.807, 2.05) is 31.2 Å². The summed E-state index contributed by atoms with van der Waals surface area (Å²) in [7, 11) is 0. The van der Waals surface area contributed by atoms with Crippen LogP contribution in [0.1, 0.15) is 11.1 Å². The summed E-state index contributed by atoms with van der Waals surface area (Å²) in [6.45, 7) is 1.39. The summed E-state index contributed by atoms with van der Waals surface area (Å²) in [6.07, 6.45) is -2.30. The molecule has 0 bridgehead atoms. The highest BCUT2D eigenvalue weighted by atomic mass is 35.5. The van der Waals surface area contributed by atoms with Gasteiger partial charge < -0.3 is 5.32 Å². The number of hydrogen-bond acceptors (Lipinski definition) is 5. The lowest BCUT2D eigenvalue weighted by Crippen LogP contribution is -2.28. The minimum Gasteiger partial charge on any atom is -0.324 e. The molecule has 0 aliphatic rings. The molecule has 0 fully saturated rings. The van der Waals surface area contributed by atoms with E-state index in [0.29, 0.717) is 11.9 Å². The Labute approximate surface area is 189 Å². The topological polar surface area (TPSA) is 89.8 Å². The van der Waals surface area contributed by atoms with Gasteiger partial charge in [0.2, 0.25) is 5.91 Å². The number of nitrogens with one attached hydrogen (secondary N) is 1. The van der Waals surface area contributed by atoms with Gasteiger partial charge in [-0.05, 0) is 25.1 Å². The predicted molar refractivity (Wildman–Crippen MR) is 117 cm³/mol. The van der Waals surface area contributed by atoms with E-state index in [1.165, 1.54) is 12.3 Å². The highest BCUT2D eigenvalue weighted by Crippen LogP contribution is 2.36. The largest absolute Gasteiger partial charge is 0.418 e. The molecule has 7 nitrogen and oxygen atoms in total. The molecule has 168 valence electrons. The molecular weight excluding hydrogens is 459 g/mol. The Kier molecular flexibility index (Phi) is 5.86. The number of aromatic nitrogens is 4. The van der Waals surface area contributed by atoms with Crippen molar-refractivity contribution in [2.75, 3.05) is 5.32 Å². The van der Waals surface area contributed by atoms with E-state index in [9.17, 15) is 22.8 Å². The van der Waals surface area contributed by atoms with Crippen molar-refractivity contribution in [3.8, 4) is 11.4 Å². The zero-order valence-corrected chi connectivity index (χ0v) is 17.8.